The number of hydrogen-bond donors (Lipinski definition) is 1. The van der Waals surface area contributed by atoms with Crippen LogP contribution in [0.4, 0.5) is 5.13 Å². The van der Waals surface area contributed by atoms with E-state index in [4.69, 9.17) is 16.3 Å². The second-order valence-electron chi connectivity index (χ2n) is 6.08. The molecule has 0 aliphatic carbocycles. The molecule has 2 aromatic carbocycles. The molecule has 0 saturated heterocycles. The van der Waals surface area contributed by atoms with Crippen LogP contribution in [0.15, 0.2) is 60.0 Å². The summed E-state index contributed by atoms with van der Waals surface area (Å²) < 4.78 is 5.79. The highest BCUT2D eigenvalue weighted by atomic mass is 35.5. The SMILES string of the molecule is CCCCOc1ccccc1/C=C/C(=O)Nc1nc(-c2ccccc2Cl)cs1. The van der Waals surface area contributed by atoms with Gasteiger partial charge in [0.25, 0.3) is 0 Å². The molecule has 0 aliphatic heterocycles. The Bertz CT molecular complexity index is 968. The Morgan fingerprint density at radius 1 is 1.21 bits per heavy atom. The van der Waals surface area contributed by atoms with E-state index in [2.05, 4.69) is 17.2 Å². The van der Waals surface area contributed by atoms with Crippen molar-refractivity contribution < 1.29 is 9.53 Å². The van der Waals surface area contributed by atoms with Gasteiger partial charge in [-0.2, -0.15) is 0 Å². The summed E-state index contributed by atoms with van der Waals surface area (Å²) in [5.74, 6) is 0.527. The molecule has 1 N–H and O–H groups in total. The maximum absolute atomic E-state index is 12.3. The highest BCUT2D eigenvalue weighted by Gasteiger charge is 2.09. The molecule has 0 spiro atoms. The summed E-state index contributed by atoms with van der Waals surface area (Å²) in [6, 6.07) is 15.2. The molecule has 0 aliphatic rings. The van der Waals surface area contributed by atoms with E-state index in [1.165, 1.54) is 17.4 Å². The maximum Gasteiger partial charge on any atom is 0.250 e. The van der Waals surface area contributed by atoms with Crippen molar-refractivity contribution in [1.82, 2.24) is 4.98 Å². The predicted octanol–water partition coefficient (Wildman–Crippen LogP) is 6.29. The molecule has 4 nitrogen and oxygen atoms in total. The van der Waals surface area contributed by atoms with Crippen LogP contribution in [-0.2, 0) is 4.79 Å². The third kappa shape index (κ3) is 5.44. The number of anilines is 1. The number of unbranched alkanes of at least 4 members (excludes halogenated alkanes) is 1. The van der Waals surface area contributed by atoms with E-state index in [1.54, 1.807) is 6.08 Å². The first kappa shape index (κ1) is 20.1. The van der Waals surface area contributed by atoms with E-state index in [0.29, 0.717) is 16.8 Å². The molecule has 1 amide bonds. The number of nitrogens with one attached hydrogen (secondary N) is 1. The lowest BCUT2D eigenvalue weighted by atomic mass is 10.2. The molecule has 0 fully saturated rings. The molecule has 0 atom stereocenters. The Kier molecular flexibility index (Phi) is 7.23. The van der Waals surface area contributed by atoms with Crippen molar-refractivity contribution in [2.75, 3.05) is 11.9 Å². The van der Waals surface area contributed by atoms with Crippen molar-refractivity contribution in [2.24, 2.45) is 0 Å². The summed E-state index contributed by atoms with van der Waals surface area (Å²) in [5, 5.41) is 5.82. The Morgan fingerprint density at radius 3 is 2.82 bits per heavy atom. The number of aromatic nitrogens is 1. The lowest BCUT2D eigenvalue weighted by Gasteiger charge is -2.08. The quantitative estimate of drug-likeness (QED) is 0.349. The number of thiazole rings is 1. The molecule has 0 bridgehead atoms. The lowest BCUT2D eigenvalue weighted by molar-refractivity contribution is -0.111. The third-order valence-electron chi connectivity index (χ3n) is 3.97. The molecule has 1 aromatic heterocycles. The maximum atomic E-state index is 12.3. The number of amides is 1. The number of halogens is 1. The van der Waals surface area contributed by atoms with Gasteiger partial charge in [-0.15, -0.1) is 11.3 Å². The molecular weight excluding hydrogens is 392 g/mol. The number of carbonyl (C=O) groups excluding carboxylic acids is 1. The molecule has 0 radical (unpaired) electrons. The van der Waals surface area contributed by atoms with Crippen molar-refractivity contribution >= 4 is 40.1 Å². The first-order chi connectivity index (χ1) is 13.7. The fraction of sp³-hybridized carbons (Fsp3) is 0.182. The van der Waals surface area contributed by atoms with Crippen LogP contribution in [0.3, 0.4) is 0 Å². The molecule has 0 saturated carbocycles. The fourth-order valence-electron chi connectivity index (χ4n) is 2.51. The van der Waals surface area contributed by atoms with E-state index in [-0.39, 0.29) is 5.91 Å². The monoisotopic (exact) mass is 412 g/mol. The lowest BCUT2D eigenvalue weighted by Crippen LogP contribution is -2.07. The number of para-hydroxylation sites is 1. The minimum Gasteiger partial charge on any atom is -0.493 e. The number of hydrogen-bond acceptors (Lipinski definition) is 4. The van der Waals surface area contributed by atoms with Crippen LogP contribution in [0.5, 0.6) is 5.75 Å². The molecule has 3 rings (SSSR count). The Labute approximate surface area is 173 Å². The largest absolute Gasteiger partial charge is 0.493 e. The van der Waals surface area contributed by atoms with Gasteiger partial charge in [0.15, 0.2) is 5.13 Å². The first-order valence-corrected chi connectivity index (χ1v) is 10.3. The van der Waals surface area contributed by atoms with Gasteiger partial charge in [-0.1, -0.05) is 61.3 Å². The molecule has 6 heteroatoms. The average molecular weight is 413 g/mol. The number of rotatable bonds is 8. The second-order valence-corrected chi connectivity index (χ2v) is 7.35. The van der Waals surface area contributed by atoms with E-state index >= 15 is 0 Å². The van der Waals surface area contributed by atoms with Crippen LogP contribution >= 0.6 is 22.9 Å². The van der Waals surface area contributed by atoms with Crippen molar-refractivity contribution in [3.63, 3.8) is 0 Å². The summed E-state index contributed by atoms with van der Waals surface area (Å²) in [6.07, 6.45) is 5.30. The van der Waals surface area contributed by atoms with E-state index in [9.17, 15) is 4.79 Å². The topological polar surface area (TPSA) is 51.2 Å². The van der Waals surface area contributed by atoms with Crippen molar-refractivity contribution in [1.29, 1.82) is 0 Å². The van der Waals surface area contributed by atoms with Gasteiger partial charge >= 0.3 is 0 Å². The summed E-state index contributed by atoms with van der Waals surface area (Å²) in [7, 11) is 0. The molecule has 3 aromatic rings. The van der Waals surface area contributed by atoms with Crippen LogP contribution in [0.2, 0.25) is 5.02 Å². The molecule has 1 heterocycles. The Balaban J connectivity index is 1.64. The number of carbonyl (C=O) groups is 1. The van der Waals surface area contributed by atoms with Gasteiger partial charge in [0.05, 0.1) is 12.3 Å². The zero-order valence-corrected chi connectivity index (χ0v) is 17.1. The second kappa shape index (κ2) is 10.1. The fourth-order valence-corrected chi connectivity index (χ4v) is 3.46. The molecule has 144 valence electrons. The summed E-state index contributed by atoms with van der Waals surface area (Å²) in [4.78, 5) is 16.7. The van der Waals surface area contributed by atoms with Crippen LogP contribution in [0.25, 0.3) is 17.3 Å². The van der Waals surface area contributed by atoms with Crippen LogP contribution in [-0.4, -0.2) is 17.5 Å². The van der Waals surface area contributed by atoms with E-state index in [0.717, 1.165) is 35.4 Å². The first-order valence-electron chi connectivity index (χ1n) is 9.08. The minimum atomic E-state index is -0.247. The van der Waals surface area contributed by atoms with Gasteiger partial charge in [-0.05, 0) is 24.6 Å². The van der Waals surface area contributed by atoms with Crippen molar-refractivity contribution in [3.05, 3.63) is 70.6 Å². The number of benzene rings is 2. The summed E-state index contributed by atoms with van der Waals surface area (Å²) >= 11 is 7.57. The molecule has 0 unspecified atom stereocenters. The van der Waals surface area contributed by atoms with Crippen LogP contribution in [0, 0.1) is 0 Å². The smallest absolute Gasteiger partial charge is 0.250 e. The Morgan fingerprint density at radius 2 is 2.00 bits per heavy atom. The van der Waals surface area contributed by atoms with Crippen LogP contribution < -0.4 is 10.1 Å². The van der Waals surface area contributed by atoms with Gasteiger partial charge in [-0.25, -0.2) is 4.98 Å². The highest BCUT2D eigenvalue weighted by molar-refractivity contribution is 7.14. The summed E-state index contributed by atoms with van der Waals surface area (Å²) in [6.45, 7) is 2.78. The summed E-state index contributed by atoms with van der Waals surface area (Å²) in [5.41, 5.74) is 2.45. The molecular formula is C22H21ClN2O2S. The zero-order valence-electron chi connectivity index (χ0n) is 15.5. The average Bonchev–Trinajstić information content (AvgIpc) is 3.16. The third-order valence-corrected chi connectivity index (χ3v) is 5.06. The zero-order chi connectivity index (χ0) is 19.8. The number of nitrogens with zero attached hydrogens (tertiary/aromatic N) is 1. The van der Waals surface area contributed by atoms with Crippen LogP contribution in [0.1, 0.15) is 25.3 Å². The predicted molar refractivity (Wildman–Crippen MR) is 117 cm³/mol. The normalized spacial score (nSPS) is 10.9. The van der Waals surface area contributed by atoms with Crippen molar-refractivity contribution in [3.8, 4) is 17.0 Å². The van der Waals surface area contributed by atoms with Gasteiger partial charge in [0, 0.05) is 27.6 Å². The highest BCUT2D eigenvalue weighted by Crippen LogP contribution is 2.30. The van der Waals surface area contributed by atoms with Gasteiger partial charge in [0.1, 0.15) is 5.75 Å². The van der Waals surface area contributed by atoms with Gasteiger partial charge in [-0.3, -0.25) is 10.1 Å². The van der Waals surface area contributed by atoms with E-state index in [1.807, 2.05) is 53.9 Å². The standard InChI is InChI=1S/C22H21ClN2O2S/c1-2-3-14-27-20-11-7-4-8-16(20)12-13-21(26)25-22-24-19(15-28-22)17-9-5-6-10-18(17)23/h4-13,15H,2-3,14H2,1H3,(H,24,25,26)/b13-12+. The van der Waals surface area contributed by atoms with Crippen molar-refractivity contribution in [2.45, 2.75) is 19.8 Å². The number of ether oxygens (including phenoxy) is 1. The van der Waals surface area contributed by atoms with Gasteiger partial charge in [0.2, 0.25) is 5.91 Å². The van der Waals surface area contributed by atoms with E-state index < -0.39 is 0 Å². The minimum absolute atomic E-state index is 0.247. The molecule has 28 heavy (non-hydrogen) atoms. The Hall–Kier alpha value is -2.63. The van der Waals surface area contributed by atoms with Gasteiger partial charge < -0.3 is 4.74 Å².